The number of anilines is 1. The molecule has 0 saturated carbocycles. The number of nitrogens with zero attached hydrogens (tertiary/aromatic N) is 2. The van der Waals surface area contributed by atoms with E-state index in [-0.39, 0.29) is 17.0 Å². The summed E-state index contributed by atoms with van der Waals surface area (Å²) in [7, 11) is 3.89. The Labute approximate surface area is 159 Å². The summed E-state index contributed by atoms with van der Waals surface area (Å²) in [5.41, 5.74) is 2.62. The standard InChI is InChI=1S/C19H19F3N2O2S/c1-23(2)15-8-6-13(7-9-15)11-24-17(25)12-27-18(24)14-4-3-5-16(10-14)26-19(20,21)22/h3-10,18H,11-12H2,1-2H3. The van der Waals surface area contributed by atoms with Crippen molar-refractivity contribution < 1.29 is 22.7 Å². The van der Waals surface area contributed by atoms with Crippen LogP contribution in [0.4, 0.5) is 18.9 Å². The number of hydrogen-bond acceptors (Lipinski definition) is 4. The molecular weight excluding hydrogens is 377 g/mol. The van der Waals surface area contributed by atoms with E-state index in [1.807, 2.05) is 43.3 Å². The van der Waals surface area contributed by atoms with Crippen molar-refractivity contribution in [3.63, 3.8) is 0 Å². The predicted octanol–water partition coefficient (Wildman–Crippen LogP) is 4.43. The number of ether oxygens (including phenoxy) is 1. The highest BCUT2D eigenvalue weighted by Crippen LogP contribution is 2.41. The van der Waals surface area contributed by atoms with Gasteiger partial charge in [-0.15, -0.1) is 24.9 Å². The van der Waals surface area contributed by atoms with Crippen LogP contribution in [-0.2, 0) is 11.3 Å². The first-order chi connectivity index (χ1) is 12.7. The molecule has 0 bridgehead atoms. The average molecular weight is 396 g/mol. The van der Waals surface area contributed by atoms with Crippen molar-refractivity contribution in [2.45, 2.75) is 18.3 Å². The fraction of sp³-hybridized carbons (Fsp3) is 0.316. The number of halogens is 3. The van der Waals surface area contributed by atoms with Gasteiger partial charge in [0.15, 0.2) is 0 Å². The number of amides is 1. The van der Waals surface area contributed by atoms with E-state index >= 15 is 0 Å². The zero-order valence-corrected chi connectivity index (χ0v) is 15.7. The number of benzene rings is 2. The third-order valence-electron chi connectivity index (χ3n) is 4.15. The van der Waals surface area contributed by atoms with Gasteiger partial charge >= 0.3 is 6.36 Å². The molecular formula is C19H19F3N2O2S. The van der Waals surface area contributed by atoms with Crippen molar-refractivity contribution in [3.8, 4) is 5.75 Å². The third-order valence-corrected chi connectivity index (χ3v) is 5.41. The first kappa shape index (κ1) is 19.4. The minimum atomic E-state index is -4.74. The van der Waals surface area contributed by atoms with Gasteiger partial charge in [0.1, 0.15) is 11.1 Å². The molecule has 1 amide bonds. The lowest BCUT2D eigenvalue weighted by Gasteiger charge is -2.25. The Balaban J connectivity index is 1.79. The van der Waals surface area contributed by atoms with E-state index in [9.17, 15) is 18.0 Å². The summed E-state index contributed by atoms with van der Waals surface area (Å²) in [6, 6.07) is 13.6. The van der Waals surface area contributed by atoms with Gasteiger partial charge in [0.2, 0.25) is 5.91 Å². The lowest BCUT2D eigenvalue weighted by molar-refractivity contribution is -0.274. The zero-order chi connectivity index (χ0) is 19.6. The maximum atomic E-state index is 12.5. The Morgan fingerprint density at radius 3 is 2.52 bits per heavy atom. The Morgan fingerprint density at radius 1 is 1.19 bits per heavy atom. The van der Waals surface area contributed by atoms with E-state index < -0.39 is 6.36 Å². The Morgan fingerprint density at radius 2 is 1.89 bits per heavy atom. The second kappa shape index (κ2) is 7.72. The summed E-state index contributed by atoms with van der Waals surface area (Å²) in [6.07, 6.45) is -4.74. The SMILES string of the molecule is CN(C)c1ccc(CN2C(=O)CSC2c2cccc(OC(F)(F)F)c2)cc1. The molecule has 1 unspecified atom stereocenters. The fourth-order valence-corrected chi connectivity index (χ4v) is 4.04. The topological polar surface area (TPSA) is 32.8 Å². The molecule has 0 spiro atoms. The molecule has 0 N–H and O–H groups in total. The van der Waals surface area contributed by atoms with Crippen LogP contribution in [0.15, 0.2) is 48.5 Å². The van der Waals surface area contributed by atoms with Crippen molar-refractivity contribution in [1.29, 1.82) is 0 Å². The highest BCUT2D eigenvalue weighted by Gasteiger charge is 2.34. The molecule has 4 nitrogen and oxygen atoms in total. The average Bonchev–Trinajstić information content (AvgIpc) is 2.95. The summed E-state index contributed by atoms with van der Waals surface area (Å²) in [6.45, 7) is 0.397. The Kier molecular flexibility index (Phi) is 5.55. The quantitative estimate of drug-likeness (QED) is 0.749. The zero-order valence-electron chi connectivity index (χ0n) is 14.9. The molecule has 0 aromatic heterocycles. The molecule has 27 heavy (non-hydrogen) atoms. The monoisotopic (exact) mass is 396 g/mol. The predicted molar refractivity (Wildman–Crippen MR) is 99.6 cm³/mol. The maximum absolute atomic E-state index is 12.5. The molecule has 144 valence electrons. The lowest BCUT2D eigenvalue weighted by Crippen LogP contribution is -2.27. The summed E-state index contributed by atoms with van der Waals surface area (Å²) in [5, 5.41) is -0.345. The minimum absolute atomic E-state index is 0.0381. The number of thioether (sulfide) groups is 1. The van der Waals surface area contributed by atoms with Gasteiger partial charge in [-0.3, -0.25) is 4.79 Å². The van der Waals surface area contributed by atoms with Crippen LogP contribution in [0, 0.1) is 0 Å². The van der Waals surface area contributed by atoms with Crippen LogP contribution in [0.1, 0.15) is 16.5 Å². The van der Waals surface area contributed by atoms with Crippen molar-refractivity contribution in [3.05, 3.63) is 59.7 Å². The molecule has 3 rings (SSSR count). The summed E-state index contributed by atoms with van der Waals surface area (Å²) >= 11 is 1.40. The number of carbonyl (C=O) groups is 1. The summed E-state index contributed by atoms with van der Waals surface area (Å²) in [4.78, 5) is 16.0. The molecule has 8 heteroatoms. The number of hydrogen-bond donors (Lipinski definition) is 0. The molecule has 2 aromatic carbocycles. The van der Waals surface area contributed by atoms with E-state index in [1.54, 1.807) is 11.0 Å². The molecule has 1 aliphatic rings. The Bertz CT molecular complexity index is 809. The van der Waals surface area contributed by atoms with E-state index in [2.05, 4.69) is 4.74 Å². The van der Waals surface area contributed by atoms with Gasteiger partial charge < -0.3 is 14.5 Å². The van der Waals surface area contributed by atoms with Crippen LogP contribution < -0.4 is 9.64 Å². The van der Waals surface area contributed by atoms with Gasteiger partial charge in [0, 0.05) is 26.3 Å². The van der Waals surface area contributed by atoms with Crippen LogP contribution >= 0.6 is 11.8 Å². The largest absolute Gasteiger partial charge is 0.573 e. The van der Waals surface area contributed by atoms with Gasteiger partial charge in [-0.05, 0) is 35.4 Å². The first-order valence-corrected chi connectivity index (χ1v) is 9.31. The van der Waals surface area contributed by atoms with E-state index in [4.69, 9.17) is 0 Å². The number of rotatable bonds is 5. The van der Waals surface area contributed by atoms with E-state index in [0.29, 0.717) is 17.9 Å². The van der Waals surface area contributed by atoms with Crippen molar-refractivity contribution in [2.24, 2.45) is 0 Å². The maximum Gasteiger partial charge on any atom is 0.573 e. The van der Waals surface area contributed by atoms with E-state index in [0.717, 1.165) is 11.3 Å². The fourth-order valence-electron chi connectivity index (χ4n) is 2.86. The Hall–Kier alpha value is -2.35. The highest BCUT2D eigenvalue weighted by atomic mass is 32.2. The number of carbonyl (C=O) groups excluding carboxylic acids is 1. The smallest absolute Gasteiger partial charge is 0.406 e. The van der Waals surface area contributed by atoms with Gasteiger partial charge in [-0.2, -0.15) is 0 Å². The second-order valence-corrected chi connectivity index (χ2v) is 7.43. The van der Waals surface area contributed by atoms with Crippen molar-refractivity contribution in [2.75, 3.05) is 24.7 Å². The molecule has 1 atom stereocenters. The van der Waals surface area contributed by atoms with Gasteiger partial charge in [-0.25, -0.2) is 0 Å². The van der Waals surface area contributed by atoms with Crippen molar-refractivity contribution in [1.82, 2.24) is 4.90 Å². The van der Waals surface area contributed by atoms with Crippen LogP contribution in [0.3, 0.4) is 0 Å². The van der Waals surface area contributed by atoms with Crippen LogP contribution in [-0.4, -0.2) is 37.0 Å². The van der Waals surface area contributed by atoms with Crippen LogP contribution in [0.2, 0.25) is 0 Å². The van der Waals surface area contributed by atoms with Crippen LogP contribution in [0.5, 0.6) is 5.75 Å². The van der Waals surface area contributed by atoms with E-state index in [1.165, 1.54) is 30.0 Å². The second-order valence-electron chi connectivity index (χ2n) is 6.37. The molecule has 1 heterocycles. The first-order valence-electron chi connectivity index (χ1n) is 8.26. The normalized spacial score (nSPS) is 17.3. The summed E-state index contributed by atoms with van der Waals surface area (Å²) < 4.78 is 41.4. The summed E-state index contributed by atoms with van der Waals surface area (Å²) in [5.74, 6) is -0.0239. The molecule has 0 radical (unpaired) electrons. The van der Waals surface area contributed by atoms with Gasteiger partial charge in [-0.1, -0.05) is 24.3 Å². The minimum Gasteiger partial charge on any atom is -0.406 e. The molecule has 2 aromatic rings. The van der Waals surface area contributed by atoms with Crippen LogP contribution in [0.25, 0.3) is 0 Å². The molecule has 1 fully saturated rings. The highest BCUT2D eigenvalue weighted by molar-refractivity contribution is 8.00. The molecule has 1 saturated heterocycles. The van der Waals surface area contributed by atoms with Gasteiger partial charge in [0.05, 0.1) is 5.75 Å². The lowest BCUT2D eigenvalue weighted by atomic mass is 10.1. The van der Waals surface area contributed by atoms with Gasteiger partial charge in [0.25, 0.3) is 0 Å². The molecule has 0 aliphatic carbocycles. The number of alkyl halides is 3. The van der Waals surface area contributed by atoms with Crippen molar-refractivity contribution >= 4 is 23.4 Å². The third kappa shape index (κ3) is 4.88. The molecule has 1 aliphatic heterocycles.